The van der Waals surface area contributed by atoms with E-state index in [0.717, 1.165) is 37.3 Å². The van der Waals surface area contributed by atoms with E-state index in [-0.39, 0.29) is 5.91 Å². The minimum absolute atomic E-state index is 0.0316. The molecule has 0 fully saturated rings. The van der Waals surface area contributed by atoms with Gasteiger partial charge in [-0.2, -0.15) is 0 Å². The van der Waals surface area contributed by atoms with E-state index >= 15 is 0 Å². The van der Waals surface area contributed by atoms with Crippen LogP contribution in [0, 0.1) is 20.8 Å². The number of aromatic nitrogens is 2. The van der Waals surface area contributed by atoms with E-state index in [1.54, 1.807) is 17.7 Å². The van der Waals surface area contributed by atoms with Gasteiger partial charge in [0.25, 0.3) is 0 Å². The lowest BCUT2D eigenvalue weighted by atomic mass is 10.0. The molecule has 6 heteroatoms. The summed E-state index contributed by atoms with van der Waals surface area (Å²) in [7, 11) is 0. The molecule has 0 unspecified atom stereocenters. The van der Waals surface area contributed by atoms with Gasteiger partial charge in [-0.15, -0.1) is 11.3 Å². The molecule has 2 aromatic heterocycles. The van der Waals surface area contributed by atoms with Crippen molar-refractivity contribution in [1.29, 1.82) is 0 Å². The SMILES string of the molecule is Cc1ccc2ccccc2c1NC(=O)CSc1ncnc2sc(C)c(C)c12. The van der Waals surface area contributed by atoms with Crippen molar-refractivity contribution in [3.05, 3.63) is 58.7 Å². The number of thioether (sulfide) groups is 1. The van der Waals surface area contributed by atoms with E-state index in [2.05, 4.69) is 41.3 Å². The van der Waals surface area contributed by atoms with Crippen molar-refractivity contribution in [3.8, 4) is 0 Å². The quantitative estimate of drug-likeness (QED) is 0.367. The Labute approximate surface area is 166 Å². The Morgan fingerprint density at radius 2 is 1.93 bits per heavy atom. The average molecular weight is 394 g/mol. The monoisotopic (exact) mass is 393 g/mol. The van der Waals surface area contributed by atoms with Crippen LogP contribution < -0.4 is 5.32 Å². The molecule has 0 aliphatic carbocycles. The van der Waals surface area contributed by atoms with Gasteiger partial charge >= 0.3 is 0 Å². The van der Waals surface area contributed by atoms with Crippen molar-refractivity contribution in [3.63, 3.8) is 0 Å². The first-order chi connectivity index (χ1) is 13.0. The van der Waals surface area contributed by atoms with Crippen molar-refractivity contribution in [1.82, 2.24) is 9.97 Å². The second-order valence-electron chi connectivity index (χ2n) is 6.46. The fourth-order valence-electron chi connectivity index (χ4n) is 3.12. The van der Waals surface area contributed by atoms with Crippen LogP contribution in [0.3, 0.4) is 0 Å². The number of hydrogen-bond donors (Lipinski definition) is 1. The summed E-state index contributed by atoms with van der Waals surface area (Å²) >= 11 is 3.13. The molecular weight excluding hydrogens is 374 g/mol. The summed E-state index contributed by atoms with van der Waals surface area (Å²) in [4.78, 5) is 23.6. The number of thiophene rings is 1. The molecule has 0 aliphatic heterocycles. The normalized spacial score (nSPS) is 11.2. The van der Waals surface area contributed by atoms with Crippen LogP contribution in [-0.2, 0) is 4.79 Å². The van der Waals surface area contributed by atoms with Gasteiger partial charge in [0.2, 0.25) is 5.91 Å². The summed E-state index contributed by atoms with van der Waals surface area (Å²) in [5, 5.41) is 7.20. The molecule has 0 atom stereocenters. The number of benzene rings is 2. The molecule has 0 saturated heterocycles. The second-order valence-corrected chi connectivity index (χ2v) is 8.62. The zero-order chi connectivity index (χ0) is 19.0. The minimum atomic E-state index is -0.0316. The number of rotatable bonds is 4. The van der Waals surface area contributed by atoms with Crippen LogP contribution in [0.4, 0.5) is 5.69 Å². The smallest absolute Gasteiger partial charge is 0.234 e. The van der Waals surface area contributed by atoms with Gasteiger partial charge in [-0.25, -0.2) is 9.97 Å². The molecule has 4 aromatic rings. The molecule has 2 aromatic carbocycles. The Morgan fingerprint density at radius 3 is 2.78 bits per heavy atom. The van der Waals surface area contributed by atoms with Crippen LogP contribution in [0.2, 0.25) is 0 Å². The lowest BCUT2D eigenvalue weighted by molar-refractivity contribution is -0.113. The minimum Gasteiger partial charge on any atom is -0.325 e. The van der Waals surface area contributed by atoms with Gasteiger partial charge in [-0.1, -0.05) is 48.2 Å². The van der Waals surface area contributed by atoms with Crippen LogP contribution in [0.25, 0.3) is 21.0 Å². The maximum absolute atomic E-state index is 12.6. The van der Waals surface area contributed by atoms with E-state index in [9.17, 15) is 4.79 Å². The van der Waals surface area contributed by atoms with Crippen LogP contribution >= 0.6 is 23.1 Å². The van der Waals surface area contributed by atoms with Crippen molar-refractivity contribution < 1.29 is 4.79 Å². The molecule has 1 amide bonds. The van der Waals surface area contributed by atoms with Crippen LogP contribution in [-0.4, -0.2) is 21.6 Å². The molecule has 27 heavy (non-hydrogen) atoms. The van der Waals surface area contributed by atoms with Gasteiger partial charge in [-0.05, 0) is 37.3 Å². The largest absolute Gasteiger partial charge is 0.325 e. The van der Waals surface area contributed by atoms with E-state index in [4.69, 9.17) is 0 Å². The summed E-state index contributed by atoms with van der Waals surface area (Å²) in [5.41, 5.74) is 3.14. The van der Waals surface area contributed by atoms with E-state index in [0.29, 0.717) is 5.75 Å². The molecular formula is C21H19N3OS2. The van der Waals surface area contributed by atoms with Crippen molar-refractivity contribution >= 4 is 55.7 Å². The van der Waals surface area contributed by atoms with Crippen LogP contribution in [0.5, 0.6) is 0 Å². The Hall–Kier alpha value is -2.44. The number of fused-ring (bicyclic) bond motifs is 2. The number of hydrogen-bond acceptors (Lipinski definition) is 5. The van der Waals surface area contributed by atoms with Crippen molar-refractivity contribution in [2.45, 2.75) is 25.8 Å². The fourth-order valence-corrected chi connectivity index (χ4v) is 5.03. The molecule has 0 saturated carbocycles. The van der Waals surface area contributed by atoms with Gasteiger partial charge in [-0.3, -0.25) is 4.79 Å². The molecule has 0 spiro atoms. The molecule has 4 nitrogen and oxygen atoms in total. The predicted octanol–water partition coefficient (Wildman–Crippen LogP) is 5.50. The topological polar surface area (TPSA) is 54.9 Å². The molecule has 4 rings (SSSR count). The molecule has 1 N–H and O–H groups in total. The van der Waals surface area contributed by atoms with Crippen molar-refractivity contribution in [2.75, 3.05) is 11.1 Å². The lowest BCUT2D eigenvalue weighted by Gasteiger charge is -2.12. The molecule has 0 radical (unpaired) electrons. The number of nitrogens with zero attached hydrogens (tertiary/aromatic N) is 2. The highest BCUT2D eigenvalue weighted by atomic mass is 32.2. The van der Waals surface area contributed by atoms with Crippen molar-refractivity contribution in [2.24, 2.45) is 0 Å². The van der Waals surface area contributed by atoms with Gasteiger partial charge in [0.1, 0.15) is 16.2 Å². The highest BCUT2D eigenvalue weighted by molar-refractivity contribution is 8.00. The summed E-state index contributed by atoms with van der Waals surface area (Å²) in [6.45, 7) is 6.19. The van der Waals surface area contributed by atoms with Gasteiger partial charge < -0.3 is 5.32 Å². The highest BCUT2D eigenvalue weighted by Crippen LogP contribution is 2.34. The fraction of sp³-hybridized carbons (Fsp3) is 0.190. The first-order valence-electron chi connectivity index (χ1n) is 8.66. The van der Waals surface area contributed by atoms with Crippen LogP contribution in [0.1, 0.15) is 16.0 Å². The summed E-state index contributed by atoms with van der Waals surface area (Å²) in [5.74, 6) is 0.277. The number of aryl methyl sites for hydroxylation is 3. The standard InChI is InChI=1S/C21H19N3OS2/c1-12-8-9-15-6-4-5-7-16(15)19(12)24-17(25)10-26-20-18-13(2)14(3)27-21(18)23-11-22-20/h4-9,11H,10H2,1-3H3,(H,24,25). The third-order valence-corrected chi connectivity index (χ3v) is 6.78. The summed E-state index contributed by atoms with van der Waals surface area (Å²) < 4.78 is 0. The zero-order valence-electron chi connectivity index (χ0n) is 15.4. The third-order valence-electron chi connectivity index (χ3n) is 4.67. The highest BCUT2D eigenvalue weighted by Gasteiger charge is 2.14. The Bertz CT molecular complexity index is 1170. The molecule has 0 aliphatic rings. The summed E-state index contributed by atoms with van der Waals surface area (Å²) in [6.07, 6.45) is 1.58. The Balaban J connectivity index is 1.56. The lowest BCUT2D eigenvalue weighted by Crippen LogP contribution is -2.15. The van der Waals surface area contributed by atoms with Gasteiger partial charge in [0, 0.05) is 15.6 Å². The first kappa shape index (κ1) is 17.9. The second kappa shape index (κ2) is 7.29. The number of nitrogens with one attached hydrogen (secondary N) is 1. The molecule has 0 bridgehead atoms. The number of amides is 1. The molecule has 2 heterocycles. The Morgan fingerprint density at radius 1 is 1.11 bits per heavy atom. The van der Waals surface area contributed by atoms with E-state index in [1.165, 1.54) is 22.2 Å². The maximum atomic E-state index is 12.6. The first-order valence-corrected chi connectivity index (χ1v) is 10.5. The number of carbonyl (C=O) groups excluding carboxylic acids is 1. The zero-order valence-corrected chi connectivity index (χ0v) is 17.0. The number of carbonyl (C=O) groups is 1. The van der Waals surface area contributed by atoms with E-state index in [1.807, 2.05) is 31.2 Å². The van der Waals surface area contributed by atoms with Crippen LogP contribution in [0.15, 0.2) is 47.8 Å². The molecule has 136 valence electrons. The summed E-state index contributed by atoms with van der Waals surface area (Å²) in [6, 6.07) is 12.2. The van der Waals surface area contributed by atoms with Gasteiger partial charge in [0.15, 0.2) is 0 Å². The van der Waals surface area contributed by atoms with Gasteiger partial charge in [0.05, 0.1) is 11.4 Å². The maximum Gasteiger partial charge on any atom is 0.234 e. The Kier molecular flexibility index (Phi) is 4.85. The number of anilines is 1. The average Bonchev–Trinajstić information content (AvgIpc) is 2.97. The predicted molar refractivity (Wildman–Crippen MR) is 115 cm³/mol. The third kappa shape index (κ3) is 3.42. The van der Waals surface area contributed by atoms with E-state index < -0.39 is 0 Å².